The van der Waals surface area contributed by atoms with Crippen LogP contribution in [-0.2, 0) is 6.54 Å². The maximum atomic E-state index is 6.09. The van der Waals surface area contributed by atoms with Crippen LogP contribution in [0.15, 0.2) is 24.5 Å². The number of fused-ring (bicyclic) bond motifs is 1. The van der Waals surface area contributed by atoms with Crippen LogP contribution in [0.2, 0.25) is 0 Å². The van der Waals surface area contributed by atoms with E-state index < -0.39 is 0 Å². The lowest BCUT2D eigenvalue weighted by Gasteiger charge is -2.15. The molecule has 1 aliphatic rings. The van der Waals surface area contributed by atoms with E-state index in [4.69, 9.17) is 5.73 Å². The Morgan fingerprint density at radius 2 is 2.38 bits per heavy atom. The number of imidazole rings is 1. The van der Waals surface area contributed by atoms with E-state index in [0.29, 0.717) is 0 Å². The Labute approximate surface area is 93.3 Å². The molecule has 3 rings (SSSR count). The molecule has 1 aliphatic heterocycles. The zero-order chi connectivity index (χ0) is 11.0. The number of rotatable bonds is 1. The first-order valence-corrected chi connectivity index (χ1v) is 5.36. The summed E-state index contributed by atoms with van der Waals surface area (Å²) in [6.45, 7) is 1.89. The summed E-state index contributed by atoms with van der Waals surface area (Å²) in [4.78, 5) is 8.59. The van der Waals surface area contributed by atoms with Crippen LogP contribution in [0.1, 0.15) is 6.42 Å². The van der Waals surface area contributed by atoms with Crippen LogP contribution < -0.4 is 11.1 Å². The molecule has 0 saturated carbocycles. The molecule has 5 nitrogen and oxygen atoms in total. The van der Waals surface area contributed by atoms with Crippen molar-refractivity contribution in [2.45, 2.75) is 13.0 Å². The zero-order valence-corrected chi connectivity index (χ0v) is 8.85. The smallest absolute Gasteiger partial charge is 0.205 e. The summed E-state index contributed by atoms with van der Waals surface area (Å²) in [5, 5.41) is 3.25. The minimum Gasteiger partial charge on any atom is -0.383 e. The third-order valence-electron chi connectivity index (χ3n) is 2.78. The standard InChI is InChI=1S/C11H13N5/c12-10-9(8-3-1-4-13-7-8)15-11-14-5-2-6-16(10)11/h1,3-4,7H,2,5-6,12H2,(H,14,15). The van der Waals surface area contributed by atoms with Crippen molar-refractivity contribution in [3.63, 3.8) is 0 Å². The molecule has 0 fully saturated rings. The van der Waals surface area contributed by atoms with Gasteiger partial charge in [-0.2, -0.15) is 0 Å². The Kier molecular flexibility index (Phi) is 2.02. The number of nitrogens with two attached hydrogens (primary N) is 1. The molecule has 2 aromatic heterocycles. The minimum atomic E-state index is 0.718. The van der Waals surface area contributed by atoms with E-state index in [1.807, 2.05) is 16.7 Å². The van der Waals surface area contributed by atoms with Gasteiger partial charge in [-0.05, 0) is 18.6 Å². The van der Waals surface area contributed by atoms with E-state index in [0.717, 1.165) is 42.5 Å². The second-order valence-corrected chi connectivity index (χ2v) is 3.84. The molecule has 0 amide bonds. The van der Waals surface area contributed by atoms with Gasteiger partial charge in [0.05, 0.1) is 0 Å². The number of anilines is 2. The first-order chi connectivity index (χ1) is 7.86. The number of hydrogen-bond acceptors (Lipinski definition) is 4. The second kappa shape index (κ2) is 3.52. The number of hydrogen-bond donors (Lipinski definition) is 2. The highest BCUT2D eigenvalue weighted by molar-refractivity contribution is 5.72. The molecule has 0 atom stereocenters. The normalized spacial score (nSPS) is 14.2. The van der Waals surface area contributed by atoms with E-state index in [1.165, 1.54) is 0 Å². The molecule has 3 heterocycles. The predicted octanol–water partition coefficient (Wildman–Crippen LogP) is 1.34. The maximum Gasteiger partial charge on any atom is 0.205 e. The molecule has 0 saturated heterocycles. The number of aromatic nitrogens is 3. The molecule has 3 N–H and O–H groups in total. The third-order valence-corrected chi connectivity index (χ3v) is 2.78. The number of pyridine rings is 1. The van der Waals surface area contributed by atoms with E-state index in [1.54, 1.807) is 12.4 Å². The second-order valence-electron chi connectivity index (χ2n) is 3.84. The van der Waals surface area contributed by atoms with Gasteiger partial charge in [0.2, 0.25) is 5.95 Å². The summed E-state index contributed by atoms with van der Waals surface area (Å²) < 4.78 is 2.02. The van der Waals surface area contributed by atoms with Gasteiger partial charge in [0, 0.05) is 31.0 Å². The van der Waals surface area contributed by atoms with Gasteiger partial charge < -0.3 is 11.1 Å². The van der Waals surface area contributed by atoms with Gasteiger partial charge in [-0.15, -0.1) is 0 Å². The summed E-state index contributed by atoms with van der Waals surface area (Å²) in [6, 6.07) is 3.86. The van der Waals surface area contributed by atoms with Crippen molar-refractivity contribution in [1.29, 1.82) is 0 Å². The number of nitrogen functional groups attached to an aromatic ring is 1. The quantitative estimate of drug-likeness (QED) is 0.753. The highest BCUT2D eigenvalue weighted by Gasteiger charge is 2.18. The van der Waals surface area contributed by atoms with Crippen LogP contribution in [0.4, 0.5) is 11.8 Å². The fourth-order valence-electron chi connectivity index (χ4n) is 1.98. The van der Waals surface area contributed by atoms with Gasteiger partial charge in [-0.1, -0.05) is 0 Å². The minimum absolute atomic E-state index is 0.718. The van der Waals surface area contributed by atoms with Crippen molar-refractivity contribution in [2.24, 2.45) is 0 Å². The van der Waals surface area contributed by atoms with E-state index in [2.05, 4.69) is 15.3 Å². The Hall–Kier alpha value is -2.04. The monoisotopic (exact) mass is 215 g/mol. The predicted molar refractivity (Wildman–Crippen MR) is 63.0 cm³/mol. The molecule has 0 radical (unpaired) electrons. The van der Waals surface area contributed by atoms with E-state index in [-0.39, 0.29) is 0 Å². The third kappa shape index (κ3) is 1.32. The highest BCUT2D eigenvalue weighted by Crippen LogP contribution is 2.29. The van der Waals surface area contributed by atoms with Gasteiger partial charge in [0.15, 0.2) is 0 Å². The van der Waals surface area contributed by atoms with Gasteiger partial charge in [-0.3, -0.25) is 9.55 Å². The van der Waals surface area contributed by atoms with Crippen LogP contribution in [0.25, 0.3) is 11.3 Å². The number of nitrogens with one attached hydrogen (secondary N) is 1. The maximum absolute atomic E-state index is 6.09. The molecule has 0 aliphatic carbocycles. The molecule has 0 unspecified atom stereocenters. The van der Waals surface area contributed by atoms with Crippen molar-refractivity contribution < 1.29 is 0 Å². The van der Waals surface area contributed by atoms with Crippen molar-refractivity contribution in [3.8, 4) is 11.3 Å². The molecule has 0 spiro atoms. The first kappa shape index (κ1) is 9.21. The van der Waals surface area contributed by atoms with Gasteiger partial charge in [0.1, 0.15) is 11.5 Å². The largest absolute Gasteiger partial charge is 0.383 e. The highest BCUT2D eigenvalue weighted by atomic mass is 15.3. The van der Waals surface area contributed by atoms with Crippen molar-refractivity contribution >= 4 is 11.8 Å². The van der Waals surface area contributed by atoms with Gasteiger partial charge in [-0.25, -0.2) is 4.98 Å². The molecule has 2 aromatic rings. The molecule has 16 heavy (non-hydrogen) atoms. The summed E-state index contributed by atoms with van der Waals surface area (Å²) in [5.41, 5.74) is 7.87. The SMILES string of the molecule is Nc1c(-c2cccnc2)nc2n1CCCN2. The summed E-state index contributed by atoms with van der Waals surface area (Å²) in [5.74, 6) is 1.58. The van der Waals surface area contributed by atoms with Crippen molar-refractivity contribution in [3.05, 3.63) is 24.5 Å². The van der Waals surface area contributed by atoms with Crippen LogP contribution in [-0.4, -0.2) is 21.1 Å². The van der Waals surface area contributed by atoms with Crippen LogP contribution in [0, 0.1) is 0 Å². The molecule has 0 aromatic carbocycles. The van der Waals surface area contributed by atoms with E-state index >= 15 is 0 Å². The van der Waals surface area contributed by atoms with Crippen LogP contribution in [0.5, 0.6) is 0 Å². The Morgan fingerprint density at radius 1 is 1.44 bits per heavy atom. The number of nitrogens with zero attached hydrogens (tertiary/aromatic N) is 3. The Bertz CT molecular complexity index is 503. The Balaban J connectivity index is 2.12. The Morgan fingerprint density at radius 3 is 3.12 bits per heavy atom. The van der Waals surface area contributed by atoms with Crippen molar-refractivity contribution in [1.82, 2.24) is 14.5 Å². The fourth-order valence-corrected chi connectivity index (χ4v) is 1.98. The van der Waals surface area contributed by atoms with Gasteiger partial charge in [0.25, 0.3) is 0 Å². The molecule has 5 heteroatoms. The summed E-state index contributed by atoms with van der Waals surface area (Å²) in [6.07, 6.45) is 4.61. The fraction of sp³-hybridized carbons (Fsp3) is 0.273. The van der Waals surface area contributed by atoms with Gasteiger partial charge >= 0.3 is 0 Å². The zero-order valence-electron chi connectivity index (χ0n) is 8.85. The molecule has 82 valence electrons. The van der Waals surface area contributed by atoms with Crippen molar-refractivity contribution in [2.75, 3.05) is 17.6 Å². The average Bonchev–Trinajstić information content (AvgIpc) is 2.69. The molecular formula is C11H13N5. The summed E-state index contributed by atoms with van der Waals surface area (Å²) >= 11 is 0. The average molecular weight is 215 g/mol. The topological polar surface area (TPSA) is 68.8 Å². The van der Waals surface area contributed by atoms with Crippen LogP contribution in [0.3, 0.4) is 0 Å². The lowest BCUT2D eigenvalue weighted by molar-refractivity contribution is 0.634. The first-order valence-electron chi connectivity index (χ1n) is 5.36. The van der Waals surface area contributed by atoms with E-state index in [9.17, 15) is 0 Å². The molecule has 0 bridgehead atoms. The summed E-state index contributed by atoms with van der Waals surface area (Å²) in [7, 11) is 0. The van der Waals surface area contributed by atoms with Crippen LogP contribution >= 0.6 is 0 Å². The molecular weight excluding hydrogens is 202 g/mol. The lowest BCUT2D eigenvalue weighted by atomic mass is 10.2. The lowest BCUT2D eigenvalue weighted by Crippen LogP contribution is -2.18.